The molecular weight excluding hydrogens is 550 g/mol. The lowest BCUT2D eigenvalue weighted by molar-refractivity contribution is 0.103. The van der Waals surface area contributed by atoms with Gasteiger partial charge >= 0.3 is 6.09 Å². The van der Waals surface area contributed by atoms with Crippen molar-refractivity contribution in [3.8, 4) is 23.0 Å². The highest BCUT2D eigenvalue weighted by molar-refractivity contribution is 6.10. The highest BCUT2D eigenvalue weighted by Gasteiger charge is 2.40. The van der Waals surface area contributed by atoms with E-state index >= 15 is 0 Å². The molecule has 218 valence electrons. The first-order valence-electron chi connectivity index (χ1n) is 13.6. The summed E-state index contributed by atoms with van der Waals surface area (Å²) < 4.78 is 27.1. The van der Waals surface area contributed by atoms with Crippen LogP contribution in [-0.4, -0.2) is 49.8 Å². The highest BCUT2D eigenvalue weighted by Crippen LogP contribution is 2.52. The Labute approximate surface area is 247 Å². The van der Waals surface area contributed by atoms with Crippen molar-refractivity contribution in [2.75, 3.05) is 33.3 Å². The second-order valence-electron chi connectivity index (χ2n) is 9.89. The van der Waals surface area contributed by atoms with Gasteiger partial charge in [-0.05, 0) is 36.4 Å². The maximum atomic E-state index is 12.4. The molecule has 0 saturated heterocycles. The first-order chi connectivity index (χ1) is 21.0. The van der Waals surface area contributed by atoms with Gasteiger partial charge in [0.15, 0.2) is 5.78 Å². The third-order valence-corrected chi connectivity index (χ3v) is 7.37. The summed E-state index contributed by atoms with van der Waals surface area (Å²) in [6.45, 7) is 0.615. The largest absolute Gasteiger partial charge is 0.497 e. The molecule has 10 heteroatoms. The van der Waals surface area contributed by atoms with Crippen molar-refractivity contribution >= 4 is 28.9 Å². The van der Waals surface area contributed by atoms with Gasteiger partial charge in [-0.25, -0.2) is 9.78 Å². The molecule has 0 spiro atoms. The fourth-order valence-corrected chi connectivity index (χ4v) is 5.18. The fourth-order valence-electron chi connectivity index (χ4n) is 5.18. The molecule has 2 aliphatic heterocycles. The van der Waals surface area contributed by atoms with Crippen molar-refractivity contribution in [1.29, 1.82) is 0 Å². The van der Waals surface area contributed by atoms with Crippen LogP contribution >= 0.6 is 0 Å². The monoisotopic (exact) mass is 579 g/mol. The molecule has 0 radical (unpaired) electrons. The first-order valence-corrected chi connectivity index (χ1v) is 13.6. The summed E-state index contributed by atoms with van der Waals surface area (Å²) in [6.07, 6.45) is -0.610. The number of fused-ring (bicyclic) bond motifs is 6. The van der Waals surface area contributed by atoms with Crippen molar-refractivity contribution in [3.05, 3.63) is 107 Å². The van der Waals surface area contributed by atoms with E-state index in [2.05, 4.69) is 26.1 Å². The summed E-state index contributed by atoms with van der Waals surface area (Å²) in [5, 5.41) is 2.45. The number of H-pyrrole nitrogens is 1. The number of ketones is 1. The van der Waals surface area contributed by atoms with Gasteiger partial charge in [-0.2, -0.15) is 0 Å². The molecule has 1 amide bonds. The third-order valence-electron chi connectivity index (χ3n) is 7.37. The Morgan fingerprint density at radius 3 is 2.28 bits per heavy atom. The predicted octanol–water partition coefficient (Wildman–Crippen LogP) is 6.29. The van der Waals surface area contributed by atoms with Crippen LogP contribution in [0.4, 0.5) is 10.7 Å². The first kappa shape index (κ1) is 27.6. The fraction of sp³-hybridized carbons (Fsp3) is 0.182. The Hall–Kier alpha value is -5.51. The molecule has 2 unspecified atom stereocenters. The van der Waals surface area contributed by atoms with E-state index < -0.39 is 6.09 Å². The number of aromatic nitrogens is 2. The molecule has 2 aliphatic rings. The molecule has 7 rings (SSSR count). The van der Waals surface area contributed by atoms with Gasteiger partial charge in [-0.15, -0.1) is 0 Å². The lowest BCUT2D eigenvalue weighted by Crippen LogP contribution is -2.23. The summed E-state index contributed by atoms with van der Waals surface area (Å²) in [4.78, 5) is 30.7. The van der Waals surface area contributed by atoms with Crippen LogP contribution in [0.3, 0.4) is 0 Å². The number of nitrogens with zero attached hydrogens (tertiary/aromatic N) is 1. The summed E-state index contributed by atoms with van der Waals surface area (Å²) in [6, 6.07) is 26.0. The zero-order valence-corrected chi connectivity index (χ0v) is 23.7. The third kappa shape index (κ3) is 5.54. The molecule has 4 aromatic carbocycles. The number of carbonyl (C=O) groups is 2. The van der Waals surface area contributed by atoms with E-state index in [4.69, 9.17) is 18.9 Å². The second-order valence-corrected chi connectivity index (χ2v) is 9.89. The number of anilines is 1. The summed E-state index contributed by atoms with van der Waals surface area (Å²) in [7, 11) is 4.59. The molecule has 43 heavy (non-hydrogen) atoms. The minimum Gasteiger partial charge on any atom is -0.497 e. The van der Waals surface area contributed by atoms with Gasteiger partial charge in [0.25, 0.3) is 0 Å². The second kappa shape index (κ2) is 11.8. The Morgan fingerprint density at radius 1 is 0.837 bits per heavy atom. The van der Waals surface area contributed by atoms with Gasteiger partial charge < -0.3 is 28.7 Å². The van der Waals surface area contributed by atoms with Gasteiger partial charge in [0.2, 0.25) is 5.95 Å². The number of aromatic amines is 1. The van der Waals surface area contributed by atoms with E-state index in [0.29, 0.717) is 28.8 Å². The van der Waals surface area contributed by atoms with Crippen molar-refractivity contribution in [2.45, 2.75) is 12.0 Å². The molecule has 3 heterocycles. The van der Waals surface area contributed by atoms with Gasteiger partial charge in [-0.3, -0.25) is 10.1 Å². The lowest BCUT2D eigenvalue weighted by Gasteiger charge is -2.28. The quantitative estimate of drug-likeness (QED) is 0.233. The van der Waals surface area contributed by atoms with Crippen LogP contribution in [0, 0.1) is 0 Å². The number of imidazole rings is 1. The molecule has 0 bridgehead atoms. The zero-order valence-electron chi connectivity index (χ0n) is 23.7. The van der Waals surface area contributed by atoms with Crippen molar-refractivity contribution in [2.24, 2.45) is 0 Å². The number of benzene rings is 4. The van der Waals surface area contributed by atoms with Gasteiger partial charge in [0.05, 0.1) is 44.9 Å². The molecule has 10 nitrogen and oxygen atoms in total. The minimum absolute atomic E-state index is 0.00163. The molecule has 1 aromatic heterocycles. The van der Waals surface area contributed by atoms with Crippen molar-refractivity contribution in [1.82, 2.24) is 9.97 Å². The van der Waals surface area contributed by atoms with E-state index in [-0.39, 0.29) is 23.8 Å². The molecule has 0 saturated carbocycles. The van der Waals surface area contributed by atoms with Gasteiger partial charge in [0, 0.05) is 34.4 Å². The number of nitrogens with one attached hydrogen (secondary N) is 2. The standard InChI is InChI=1S/C17H16O4.C16H13N3O3/c1-18-10-4-6-13-15(7-10)20-9-14-12-5-3-11(19-2)8-16(12)21-17(13)14;1-22-16(21)19-15-17-12-8-7-11(9-13(12)18-15)14(20)10-5-3-2-4-6-10/h3-8,14,17H,9H2,1-2H3;2-9H,1H3,(H2,17,18,19,21). The lowest BCUT2D eigenvalue weighted by atomic mass is 9.89. The Kier molecular flexibility index (Phi) is 7.57. The van der Waals surface area contributed by atoms with E-state index in [0.717, 1.165) is 28.6 Å². The topological polar surface area (TPSA) is 121 Å². The van der Waals surface area contributed by atoms with Crippen LogP contribution in [0.1, 0.15) is 39.1 Å². The summed E-state index contributed by atoms with van der Waals surface area (Å²) in [5.74, 6) is 3.76. The molecule has 0 aliphatic carbocycles. The van der Waals surface area contributed by atoms with Gasteiger partial charge in [-0.1, -0.05) is 36.4 Å². The SMILES string of the molecule is COC(=O)Nc1nc2ccc(C(=O)c3ccccc3)cc2[nH]1.COc1ccc2c(c1)OC1c3ccc(OC)cc3OCC21. The van der Waals surface area contributed by atoms with Crippen molar-refractivity contribution < 1.29 is 33.3 Å². The summed E-state index contributed by atoms with van der Waals surface area (Å²) in [5.41, 5.74) is 4.73. The average molecular weight is 580 g/mol. The number of methoxy groups -OCH3 is 3. The molecular formula is C33H29N3O7. The maximum absolute atomic E-state index is 12.4. The smallest absolute Gasteiger partial charge is 0.413 e. The van der Waals surface area contributed by atoms with Crippen LogP contribution < -0.4 is 24.3 Å². The van der Waals surface area contributed by atoms with E-state index in [9.17, 15) is 9.59 Å². The Morgan fingerprint density at radius 2 is 1.56 bits per heavy atom. The van der Waals surface area contributed by atoms with Gasteiger partial charge in [0.1, 0.15) is 29.1 Å². The summed E-state index contributed by atoms with van der Waals surface area (Å²) >= 11 is 0. The van der Waals surface area contributed by atoms with Crippen LogP contribution in [0.5, 0.6) is 23.0 Å². The molecule has 5 aromatic rings. The molecule has 2 N–H and O–H groups in total. The number of carbonyl (C=O) groups excluding carboxylic acids is 2. The molecule has 2 atom stereocenters. The Bertz CT molecular complexity index is 1800. The maximum Gasteiger partial charge on any atom is 0.413 e. The Balaban J connectivity index is 0.000000153. The number of rotatable bonds is 5. The average Bonchev–Trinajstić information content (AvgIpc) is 3.64. The van der Waals surface area contributed by atoms with Crippen molar-refractivity contribution in [3.63, 3.8) is 0 Å². The highest BCUT2D eigenvalue weighted by atomic mass is 16.5. The van der Waals surface area contributed by atoms with E-state index in [1.54, 1.807) is 44.6 Å². The predicted molar refractivity (Wildman–Crippen MR) is 160 cm³/mol. The minimum atomic E-state index is -0.611. The van der Waals surface area contributed by atoms with Crippen LogP contribution in [0.25, 0.3) is 11.0 Å². The number of hydrogen-bond donors (Lipinski definition) is 2. The van der Waals surface area contributed by atoms with E-state index in [1.807, 2.05) is 48.5 Å². The number of ether oxygens (including phenoxy) is 5. The molecule has 0 fully saturated rings. The number of hydrogen-bond acceptors (Lipinski definition) is 8. The van der Waals surface area contributed by atoms with Crippen LogP contribution in [-0.2, 0) is 4.74 Å². The zero-order chi connectivity index (χ0) is 29.9. The van der Waals surface area contributed by atoms with E-state index in [1.165, 1.54) is 12.7 Å². The van der Waals surface area contributed by atoms with Crippen LogP contribution in [0.2, 0.25) is 0 Å². The number of amides is 1. The normalized spacial score (nSPS) is 15.8. The van der Waals surface area contributed by atoms with Crippen LogP contribution in [0.15, 0.2) is 84.9 Å².